The molecule has 3 aromatic rings. The summed E-state index contributed by atoms with van der Waals surface area (Å²) in [6.45, 7) is 12.7. The first-order chi connectivity index (χ1) is 16.8. The predicted molar refractivity (Wildman–Crippen MR) is 146 cm³/mol. The molecule has 0 saturated heterocycles. The van der Waals surface area contributed by atoms with Crippen molar-refractivity contribution in [2.45, 2.75) is 49.7 Å². The molecule has 0 bridgehead atoms. The van der Waals surface area contributed by atoms with Gasteiger partial charge in [0.05, 0.1) is 10.6 Å². The van der Waals surface area contributed by atoms with Crippen LogP contribution < -0.4 is 5.32 Å². The zero-order chi connectivity index (χ0) is 26.7. The van der Waals surface area contributed by atoms with E-state index in [1.54, 1.807) is 12.1 Å². The van der Waals surface area contributed by atoms with Gasteiger partial charge in [0.1, 0.15) is 0 Å². The second kappa shape index (κ2) is 11.0. The van der Waals surface area contributed by atoms with Gasteiger partial charge in [-0.15, -0.1) is 16.8 Å². The number of sulfonamides is 1. The summed E-state index contributed by atoms with van der Waals surface area (Å²) >= 11 is 1.26. The van der Waals surface area contributed by atoms with E-state index in [2.05, 4.69) is 55.0 Å². The molecule has 0 aliphatic rings. The number of aryl methyl sites for hydroxylation is 1. The Labute approximate surface area is 217 Å². The Kier molecular flexibility index (Phi) is 8.43. The van der Waals surface area contributed by atoms with E-state index in [0.29, 0.717) is 23.2 Å². The number of nitrogens with one attached hydrogen (secondary N) is 1. The topological polar surface area (TPSA) is 97.2 Å². The van der Waals surface area contributed by atoms with Gasteiger partial charge in [-0.2, -0.15) is 0 Å². The molecule has 0 fully saturated rings. The third-order valence-electron chi connectivity index (χ3n) is 5.63. The first kappa shape index (κ1) is 27.6. The highest BCUT2D eigenvalue weighted by molar-refractivity contribution is 7.99. The molecule has 0 atom stereocenters. The highest BCUT2D eigenvalue weighted by Crippen LogP contribution is 2.28. The van der Waals surface area contributed by atoms with E-state index < -0.39 is 10.0 Å². The Morgan fingerprint density at radius 1 is 1.14 bits per heavy atom. The minimum absolute atomic E-state index is 0.0518. The fraction of sp³-hybridized carbons (Fsp3) is 0.346. The largest absolute Gasteiger partial charge is 0.325 e. The van der Waals surface area contributed by atoms with Crippen LogP contribution in [0.15, 0.2) is 65.2 Å². The van der Waals surface area contributed by atoms with Crippen LogP contribution in [-0.4, -0.2) is 53.2 Å². The molecule has 0 spiro atoms. The van der Waals surface area contributed by atoms with Gasteiger partial charge in [0, 0.05) is 31.9 Å². The number of benzene rings is 2. The van der Waals surface area contributed by atoms with Gasteiger partial charge in [-0.05, 0) is 35.6 Å². The molecule has 192 valence electrons. The van der Waals surface area contributed by atoms with Crippen LogP contribution in [0.2, 0.25) is 0 Å². The van der Waals surface area contributed by atoms with Crippen molar-refractivity contribution < 1.29 is 13.2 Å². The van der Waals surface area contributed by atoms with E-state index in [-0.39, 0.29) is 22.0 Å². The number of nitrogens with zero attached hydrogens (tertiary/aromatic N) is 4. The number of allylic oxidation sites excluding steroid dienone is 1. The first-order valence-corrected chi connectivity index (χ1v) is 13.9. The number of amides is 1. The zero-order valence-corrected chi connectivity index (χ0v) is 23.2. The van der Waals surface area contributed by atoms with E-state index >= 15 is 0 Å². The fourth-order valence-corrected chi connectivity index (χ4v) is 5.12. The van der Waals surface area contributed by atoms with Gasteiger partial charge in [0.2, 0.25) is 15.9 Å². The number of hydrogen-bond donors (Lipinski definition) is 1. The summed E-state index contributed by atoms with van der Waals surface area (Å²) in [4.78, 5) is 12.9. The standard InChI is InChI=1S/C26H33N5O3S2/c1-8-15-31-24(19-10-12-20(13-11-19)26(3,4)5)28-29-25(31)35-17-23(32)27-22-16-21(14-9-18(22)2)36(33,34)30(6)7/h8-14,16H,1,15,17H2,2-7H3,(H,27,32). The first-order valence-electron chi connectivity index (χ1n) is 11.5. The molecule has 1 aromatic heterocycles. The molecule has 0 radical (unpaired) electrons. The summed E-state index contributed by atoms with van der Waals surface area (Å²) in [6, 6.07) is 12.9. The molecular formula is C26H33N5O3S2. The molecular weight excluding hydrogens is 494 g/mol. The minimum Gasteiger partial charge on any atom is -0.325 e. The molecule has 2 aromatic carbocycles. The van der Waals surface area contributed by atoms with E-state index in [1.165, 1.54) is 43.6 Å². The Hall–Kier alpha value is -2.95. The summed E-state index contributed by atoms with van der Waals surface area (Å²) in [5, 5.41) is 12.1. The second-order valence-electron chi connectivity index (χ2n) is 9.63. The van der Waals surface area contributed by atoms with Crippen molar-refractivity contribution in [3.05, 3.63) is 66.2 Å². The summed E-state index contributed by atoms with van der Waals surface area (Å²) in [5.74, 6) is 0.518. The van der Waals surface area contributed by atoms with Crippen molar-refractivity contribution in [3.8, 4) is 11.4 Å². The lowest BCUT2D eigenvalue weighted by Gasteiger charge is -2.19. The van der Waals surface area contributed by atoms with E-state index in [0.717, 1.165) is 15.4 Å². The van der Waals surface area contributed by atoms with E-state index in [1.807, 2.05) is 23.6 Å². The van der Waals surface area contributed by atoms with Crippen LogP contribution in [0.4, 0.5) is 5.69 Å². The lowest BCUT2D eigenvalue weighted by atomic mass is 9.87. The number of hydrogen-bond acceptors (Lipinski definition) is 6. The molecule has 8 nitrogen and oxygen atoms in total. The van der Waals surface area contributed by atoms with Crippen LogP contribution in [0.1, 0.15) is 31.9 Å². The van der Waals surface area contributed by atoms with Crippen molar-refractivity contribution in [1.82, 2.24) is 19.1 Å². The van der Waals surface area contributed by atoms with Gasteiger partial charge in [-0.1, -0.05) is 68.9 Å². The summed E-state index contributed by atoms with van der Waals surface area (Å²) in [5.41, 5.74) is 3.43. The molecule has 1 N–H and O–H groups in total. The van der Waals surface area contributed by atoms with Gasteiger partial charge in [0.15, 0.2) is 11.0 Å². The monoisotopic (exact) mass is 527 g/mol. The number of thioether (sulfide) groups is 1. The molecule has 1 amide bonds. The molecule has 3 rings (SSSR count). The number of carbonyl (C=O) groups is 1. The van der Waals surface area contributed by atoms with Crippen LogP contribution >= 0.6 is 11.8 Å². The Balaban J connectivity index is 1.76. The summed E-state index contributed by atoms with van der Waals surface area (Å²) in [7, 11) is -0.670. The van der Waals surface area contributed by atoms with Crippen molar-refractivity contribution in [3.63, 3.8) is 0 Å². The number of aromatic nitrogens is 3. The molecule has 10 heteroatoms. The van der Waals surface area contributed by atoms with Gasteiger partial charge in [0.25, 0.3) is 0 Å². The van der Waals surface area contributed by atoms with Crippen molar-refractivity contribution in [2.75, 3.05) is 25.2 Å². The highest BCUT2D eigenvalue weighted by atomic mass is 32.2. The lowest BCUT2D eigenvalue weighted by molar-refractivity contribution is -0.113. The van der Waals surface area contributed by atoms with Crippen LogP contribution in [0, 0.1) is 6.92 Å². The molecule has 0 aliphatic carbocycles. The van der Waals surface area contributed by atoms with Gasteiger partial charge in [-0.3, -0.25) is 9.36 Å². The Morgan fingerprint density at radius 2 is 1.81 bits per heavy atom. The van der Waals surface area contributed by atoms with E-state index in [4.69, 9.17) is 0 Å². The van der Waals surface area contributed by atoms with Crippen molar-refractivity contribution in [2.24, 2.45) is 0 Å². The molecule has 36 heavy (non-hydrogen) atoms. The predicted octanol–water partition coefficient (Wildman–Crippen LogP) is 4.72. The number of rotatable bonds is 9. The molecule has 0 unspecified atom stereocenters. The quantitative estimate of drug-likeness (QED) is 0.320. The SMILES string of the molecule is C=CCn1c(SCC(=O)Nc2cc(S(=O)(=O)N(C)C)ccc2C)nnc1-c1ccc(C(C)(C)C)cc1. The maximum Gasteiger partial charge on any atom is 0.242 e. The highest BCUT2D eigenvalue weighted by Gasteiger charge is 2.20. The average Bonchev–Trinajstić information content (AvgIpc) is 3.21. The van der Waals surface area contributed by atoms with Crippen molar-refractivity contribution >= 4 is 33.4 Å². The van der Waals surface area contributed by atoms with E-state index in [9.17, 15) is 13.2 Å². The van der Waals surface area contributed by atoms with Gasteiger partial charge >= 0.3 is 0 Å². The minimum atomic E-state index is -3.61. The maximum absolute atomic E-state index is 12.7. The summed E-state index contributed by atoms with van der Waals surface area (Å²) < 4.78 is 28.0. The zero-order valence-electron chi connectivity index (χ0n) is 21.6. The van der Waals surface area contributed by atoms with Crippen LogP contribution in [0.5, 0.6) is 0 Å². The third kappa shape index (κ3) is 6.24. The number of anilines is 1. The second-order valence-corrected chi connectivity index (χ2v) is 12.7. The Morgan fingerprint density at radius 3 is 2.39 bits per heavy atom. The smallest absolute Gasteiger partial charge is 0.242 e. The number of carbonyl (C=O) groups excluding carboxylic acids is 1. The van der Waals surface area contributed by atoms with Crippen LogP contribution in [0.3, 0.4) is 0 Å². The third-order valence-corrected chi connectivity index (χ3v) is 8.41. The van der Waals surface area contributed by atoms with Crippen molar-refractivity contribution in [1.29, 1.82) is 0 Å². The molecule has 0 aliphatic heterocycles. The fourth-order valence-electron chi connectivity index (χ4n) is 3.45. The lowest BCUT2D eigenvalue weighted by Crippen LogP contribution is -2.22. The van der Waals surface area contributed by atoms with Crippen LogP contribution in [-0.2, 0) is 26.8 Å². The molecule has 1 heterocycles. The Bertz CT molecular complexity index is 1360. The molecule has 0 saturated carbocycles. The van der Waals surface area contributed by atoms with Gasteiger partial charge in [-0.25, -0.2) is 12.7 Å². The normalized spacial score (nSPS) is 12.1. The maximum atomic E-state index is 12.7. The average molecular weight is 528 g/mol. The van der Waals surface area contributed by atoms with Gasteiger partial charge < -0.3 is 5.32 Å². The summed E-state index contributed by atoms with van der Waals surface area (Å²) in [6.07, 6.45) is 1.76. The van der Waals surface area contributed by atoms with Crippen LogP contribution in [0.25, 0.3) is 11.4 Å².